The lowest BCUT2D eigenvalue weighted by Gasteiger charge is -2.30. The summed E-state index contributed by atoms with van der Waals surface area (Å²) in [4.78, 5) is 2.30. The van der Waals surface area contributed by atoms with Gasteiger partial charge in [-0.25, -0.2) is 0 Å². The minimum absolute atomic E-state index is 1.02. The molecule has 1 N–H and O–H groups in total. The predicted octanol–water partition coefficient (Wildman–Crippen LogP) is 2.20. The lowest BCUT2D eigenvalue weighted by Crippen LogP contribution is -2.35. The molecule has 0 amide bonds. The molecule has 0 aromatic rings. The summed E-state index contributed by atoms with van der Waals surface area (Å²) in [6.07, 6.45) is 8.69. The van der Waals surface area contributed by atoms with Crippen LogP contribution in [0.3, 0.4) is 0 Å². The van der Waals surface area contributed by atoms with E-state index >= 15 is 0 Å². The van der Waals surface area contributed by atoms with Crippen molar-refractivity contribution >= 4 is 0 Å². The largest absolute Gasteiger partial charge is 0.382 e. The fourth-order valence-electron chi connectivity index (χ4n) is 1.85. The van der Waals surface area contributed by atoms with Crippen LogP contribution in [0.4, 0.5) is 0 Å². The first-order valence-electron chi connectivity index (χ1n) is 5.41. The molecule has 0 saturated heterocycles. The van der Waals surface area contributed by atoms with Gasteiger partial charge in [0.15, 0.2) is 0 Å². The van der Waals surface area contributed by atoms with Crippen LogP contribution < -0.4 is 5.32 Å². The molecule has 2 heteroatoms. The highest BCUT2D eigenvalue weighted by molar-refractivity contribution is 5.44. The van der Waals surface area contributed by atoms with E-state index in [-0.39, 0.29) is 0 Å². The van der Waals surface area contributed by atoms with Gasteiger partial charge >= 0.3 is 0 Å². The van der Waals surface area contributed by atoms with Gasteiger partial charge in [0.2, 0.25) is 0 Å². The van der Waals surface area contributed by atoms with Crippen molar-refractivity contribution in [3.05, 3.63) is 46.8 Å². The molecule has 0 atom stereocenters. The molecule has 2 nitrogen and oxygen atoms in total. The summed E-state index contributed by atoms with van der Waals surface area (Å²) in [5.74, 6) is 0. The fourth-order valence-corrected chi connectivity index (χ4v) is 1.85. The Morgan fingerprint density at radius 2 is 2.07 bits per heavy atom. The Hall–Kier alpha value is -1.44. The number of nitrogens with one attached hydrogen (secondary N) is 1. The number of allylic oxidation sites excluding steroid dienone is 6. The number of hydrogen-bond acceptors (Lipinski definition) is 2. The third kappa shape index (κ3) is 1.99. The van der Waals surface area contributed by atoms with Gasteiger partial charge in [-0.2, -0.15) is 0 Å². The van der Waals surface area contributed by atoms with Crippen molar-refractivity contribution in [2.75, 3.05) is 20.1 Å². The first kappa shape index (κ1) is 10.1. The van der Waals surface area contributed by atoms with Crippen molar-refractivity contribution in [1.82, 2.24) is 10.2 Å². The van der Waals surface area contributed by atoms with Crippen molar-refractivity contribution in [3.63, 3.8) is 0 Å². The molecule has 0 radical (unpaired) electrons. The van der Waals surface area contributed by atoms with E-state index < -0.39 is 0 Å². The van der Waals surface area contributed by atoms with Gasteiger partial charge in [0.25, 0.3) is 0 Å². The lowest BCUT2D eigenvalue weighted by atomic mass is 10.0. The molecule has 15 heavy (non-hydrogen) atoms. The smallest absolute Gasteiger partial charge is 0.0602 e. The molecule has 0 spiro atoms. The second kappa shape index (κ2) is 3.97. The quantitative estimate of drug-likeness (QED) is 0.648. The minimum Gasteiger partial charge on any atom is -0.382 e. The van der Waals surface area contributed by atoms with E-state index in [1.54, 1.807) is 0 Å². The summed E-state index contributed by atoms with van der Waals surface area (Å²) in [6, 6.07) is 0. The van der Waals surface area contributed by atoms with Crippen LogP contribution in [0.15, 0.2) is 46.8 Å². The van der Waals surface area contributed by atoms with Crippen molar-refractivity contribution in [3.8, 4) is 0 Å². The van der Waals surface area contributed by atoms with Crippen LogP contribution in [-0.2, 0) is 0 Å². The highest BCUT2D eigenvalue weighted by Crippen LogP contribution is 2.20. The van der Waals surface area contributed by atoms with Crippen LogP contribution in [0.25, 0.3) is 0 Å². The number of rotatable bonds is 0. The Morgan fingerprint density at radius 1 is 1.27 bits per heavy atom. The third-order valence-corrected chi connectivity index (χ3v) is 3.03. The Labute approximate surface area is 91.7 Å². The van der Waals surface area contributed by atoms with Crippen molar-refractivity contribution in [1.29, 1.82) is 0 Å². The number of nitrogens with zero attached hydrogens (tertiary/aromatic N) is 1. The fraction of sp³-hybridized carbons (Fsp3) is 0.385. The summed E-state index contributed by atoms with van der Waals surface area (Å²) in [5.41, 5.74) is 5.19. The topological polar surface area (TPSA) is 15.3 Å². The summed E-state index contributed by atoms with van der Waals surface area (Å²) in [5, 5.41) is 3.43. The summed E-state index contributed by atoms with van der Waals surface area (Å²) in [6.45, 7) is 6.41. The highest BCUT2D eigenvalue weighted by Gasteiger charge is 2.13. The van der Waals surface area contributed by atoms with E-state index in [9.17, 15) is 0 Å². The molecule has 0 aromatic carbocycles. The SMILES string of the molecule is CC1=C\C2=C(\C=C/C=C/1C)NCCN2C. The third-order valence-electron chi connectivity index (χ3n) is 3.03. The summed E-state index contributed by atoms with van der Waals surface area (Å²) in [7, 11) is 2.15. The molecular weight excluding hydrogens is 184 g/mol. The van der Waals surface area contributed by atoms with Crippen molar-refractivity contribution in [2.24, 2.45) is 0 Å². The van der Waals surface area contributed by atoms with E-state index in [0.29, 0.717) is 0 Å². The maximum Gasteiger partial charge on any atom is 0.0602 e. The number of hydrogen-bond donors (Lipinski definition) is 1. The molecule has 1 heterocycles. The molecule has 0 unspecified atom stereocenters. The van der Waals surface area contributed by atoms with Gasteiger partial charge in [-0.05, 0) is 37.1 Å². The van der Waals surface area contributed by atoms with Crippen LogP contribution in [0, 0.1) is 0 Å². The van der Waals surface area contributed by atoms with E-state index in [4.69, 9.17) is 0 Å². The lowest BCUT2D eigenvalue weighted by molar-refractivity contribution is 0.397. The monoisotopic (exact) mass is 202 g/mol. The average molecular weight is 202 g/mol. The van der Waals surface area contributed by atoms with Crippen LogP contribution >= 0.6 is 0 Å². The van der Waals surface area contributed by atoms with Crippen molar-refractivity contribution in [2.45, 2.75) is 13.8 Å². The molecule has 0 aromatic heterocycles. The van der Waals surface area contributed by atoms with E-state index in [1.165, 1.54) is 22.5 Å². The Balaban J connectivity index is 2.45. The predicted molar refractivity (Wildman–Crippen MR) is 64.3 cm³/mol. The Bertz CT molecular complexity index is 383. The van der Waals surface area contributed by atoms with Crippen molar-refractivity contribution < 1.29 is 0 Å². The summed E-state index contributed by atoms with van der Waals surface area (Å²) < 4.78 is 0. The van der Waals surface area contributed by atoms with Crippen LogP contribution in [0.5, 0.6) is 0 Å². The van der Waals surface area contributed by atoms with Gasteiger partial charge < -0.3 is 10.2 Å². The Morgan fingerprint density at radius 3 is 2.87 bits per heavy atom. The average Bonchev–Trinajstić information content (AvgIpc) is 2.20. The highest BCUT2D eigenvalue weighted by atomic mass is 15.2. The maximum absolute atomic E-state index is 3.43. The zero-order valence-corrected chi connectivity index (χ0v) is 9.67. The molecule has 1 aliphatic heterocycles. The van der Waals surface area contributed by atoms with Crippen LogP contribution in [0.2, 0.25) is 0 Å². The van der Waals surface area contributed by atoms with Gasteiger partial charge in [0, 0.05) is 20.1 Å². The Kier molecular flexibility index (Phi) is 2.67. The first-order chi connectivity index (χ1) is 7.18. The first-order valence-corrected chi connectivity index (χ1v) is 5.41. The number of likely N-dealkylation sites (N-methyl/N-ethyl adjacent to an activating group) is 1. The molecule has 2 rings (SSSR count). The maximum atomic E-state index is 3.43. The van der Waals surface area contributed by atoms with Gasteiger partial charge in [-0.15, -0.1) is 0 Å². The second-order valence-corrected chi connectivity index (χ2v) is 4.18. The van der Waals surface area contributed by atoms with Gasteiger partial charge in [0.05, 0.1) is 11.4 Å². The molecule has 1 aliphatic carbocycles. The van der Waals surface area contributed by atoms with E-state index in [1.807, 2.05) is 0 Å². The molecule has 2 aliphatic rings. The zero-order chi connectivity index (χ0) is 10.8. The molecule has 0 bridgehead atoms. The minimum atomic E-state index is 1.02. The van der Waals surface area contributed by atoms with Crippen LogP contribution in [0.1, 0.15) is 13.8 Å². The second-order valence-electron chi connectivity index (χ2n) is 4.18. The van der Waals surface area contributed by atoms with Gasteiger partial charge in [-0.3, -0.25) is 0 Å². The van der Waals surface area contributed by atoms with Crippen LogP contribution in [-0.4, -0.2) is 25.0 Å². The van der Waals surface area contributed by atoms with Gasteiger partial charge in [0.1, 0.15) is 0 Å². The van der Waals surface area contributed by atoms with E-state index in [0.717, 1.165) is 13.1 Å². The zero-order valence-electron chi connectivity index (χ0n) is 9.67. The standard InChI is InChI=1S/C13H18N2/c1-10-5-4-6-12-13(9-11(10)2)15(3)8-7-14-12/h4-6,9,14H,7-8H2,1-3H3/b5-4?,6-4-,10-5+,11-9-,11-10?,12-6?,13-9?. The van der Waals surface area contributed by atoms with E-state index in [2.05, 4.69) is 55.4 Å². The molecular formula is C13H18N2. The van der Waals surface area contributed by atoms with Gasteiger partial charge in [-0.1, -0.05) is 12.2 Å². The molecule has 0 saturated carbocycles. The normalized spacial score (nSPS) is 30.2. The summed E-state index contributed by atoms with van der Waals surface area (Å²) >= 11 is 0. The molecule has 0 fully saturated rings. The molecule has 80 valence electrons.